The van der Waals surface area contributed by atoms with Crippen LogP contribution in [0, 0.1) is 6.92 Å². The molecule has 0 spiro atoms. The summed E-state index contributed by atoms with van der Waals surface area (Å²) in [7, 11) is 0. The van der Waals surface area contributed by atoms with Crippen LogP contribution in [0.3, 0.4) is 0 Å². The Morgan fingerprint density at radius 3 is 2.86 bits per heavy atom. The average molecular weight is 397 g/mol. The lowest BCUT2D eigenvalue weighted by atomic mass is 10.1. The second kappa shape index (κ2) is 9.01. The number of aromatic nitrogens is 2. The molecule has 1 saturated heterocycles. The summed E-state index contributed by atoms with van der Waals surface area (Å²) in [6.45, 7) is 7.33. The van der Waals surface area contributed by atoms with Crippen LogP contribution in [0.5, 0.6) is 0 Å². The normalized spacial score (nSPS) is 18.6. The zero-order valence-electron chi connectivity index (χ0n) is 16.4. The van der Waals surface area contributed by atoms with Crippen molar-refractivity contribution < 1.29 is 5.11 Å². The molecule has 3 heterocycles. The first-order valence-corrected chi connectivity index (χ1v) is 10.8. The van der Waals surface area contributed by atoms with Crippen molar-refractivity contribution in [3.63, 3.8) is 0 Å². The largest absolute Gasteiger partial charge is 0.396 e. The summed E-state index contributed by atoms with van der Waals surface area (Å²) < 4.78 is 1.95. The van der Waals surface area contributed by atoms with E-state index in [1.807, 2.05) is 34.5 Å². The zero-order chi connectivity index (χ0) is 19.3. The van der Waals surface area contributed by atoms with Gasteiger partial charge in [0.2, 0.25) is 0 Å². The van der Waals surface area contributed by atoms with E-state index in [1.165, 1.54) is 16.0 Å². The highest BCUT2D eigenvalue weighted by Crippen LogP contribution is 2.23. The molecule has 28 heavy (non-hydrogen) atoms. The Labute approximate surface area is 170 Å². The molecule has 6 heteroatoms. The van der Waals surface area contributed by atoms with E-state index in [0.29, 0.717) is 6.04 Å². The van der Waals surface area contributed by atoms with E-state index in [0.717, 1.165) is 44.8 Å². The lowest BCUT2D eigenvalue weighted by molar-refractivity contribution is 0.0506. The van der Waals surface area contributed by atoms with Gasteiger partial charge in [-0.05, 0) is 42.5 Å². The molecule has 1 N–H and O–H groups in total. The Balaban J connectivity index is 1.48. The predicted octanol–water partition coefficient (Wildman–Crippen LogP) is 3.31. The number of rotatable bonds is 7. The minimum Gasteiger partial charge on any atom is -0.396 e. The van der Waals surface area contributed by atoms with Crippen LogP contribution in [0.2, 0.25) is 0 Å². The van der Waals surface area contributed by atoms with E-state index in [1.54, 1.807) is 0 Å². The van der Waals surface area contributed by atoms with Crippen molar-refractivity contribution in [3.8, 4) is 5.69 Å². The molecule has 0 radical (unpaired) electrons. The fourth-order valence-electron chi connectivity index (χ4n) is 4.05. The molecule has 1 aliphatic heterocycles. The van der Waals surface area contributed by atoms with E-state index in [4.69, 9.17) is 0 Å². The van der Waals surface area contributed by atoms with Crippen LogP contribution < -0.4 is 0 Å². The summed E-state index contributed by atoms with van der Waals surface area (Å²) in [6, 6.07) is 13.3. The van der Waals surface area contributed by atoms with Gasteiger partial charge < -0.3 is 5.11 Å². The van der Waals surface area contributed by atoms with Crippen LogP contribution in [0.1, 0.15) is 22.4 Å². The molecular formula is C22H28N4OS. The summed E-state index contributed by atoms with van der Waals surface area (Å²) in [6.07, 6.45) is 4.65. The molecule has 3 aromatic rings. The van der Waals surface area contributed by atoms with Crippen molar-refractivity contribution >= 4 is 11.3 Å². The van der Waals surface area contributed by atoms with Gasteiger partial charge in [0.15, 0.2) is 0 Å². The Morgan fingerprint density at radius 2 is 2.11 bits per heavy atom. The number of aliphatic hydroxyl groups excluding tert-OH is 1. The van der Waals surface area contributed by atoms with E-state index in [-0.39, 0.29) is 6.61 Å². The number of thiophene rings is 1. The highest BCUT2D eigenvalue weighted by Gasteiger charge is 2.27. The van der Waals surface area contributed by atoms with Crippen molar-refractivity contribution in [2.75, 3.05) is 26.2 Å². The van der Waals surface area contributed by atoms with Gasteiger partial charge in [0, 0.05) is 62.6 Å². The third-order valence-electron chi connectivity index (χ3n) is 5.47. The van der Waals surface area contributed by atoms with Crippen molar-refractivity contribution in [2.45, 2.75) is 32.5 Å². The molecule has 2 aromatic heterocycles. The van der Waals surface area contributed by atoms with Gasteiger partial charge in [-0.1, -0.05) is 23.8 Å². The molecule has 0 bridgehead atoms. The molecule has 1 aromatic carbocycles. The topological polar surface area (TPSA) is 44.5 Å². The molecule has 1 atom stereocenters. The first kappa shape index (κ1) is 19.3. The minimum absolute atomic E-state index is 0.239. The molecule has 1 aliphatic rings. The van der Waals surface area contributed by atoms with Crippen molar-refractivity contribution in [1.29, 1.82) is 0 Å². The monoisotopic (exact) mass is 396 g/mol. The SMILES string of the molecule is Cc1ccc(-n2cccn2)c(CN2CCN(Cc3cccs3)[C@@H](CCO)C2)c1. The summed E-state index contributed by atoms with van der Waals surface area (Å²) in [5, 5.41) is 16.2. The first-order chi connectivity index (χ1) is 13.7. The van der Waals surface area contributed by atoms with Crippen LogP contribution in [0.15, 0.2) is 54.2 Å². The highest BCUT2D eigenvalue weighted by atomic mass is 32.1. The number of hydrogen-bond acceptors (Lipinski definition) is 5. The standard InChI is InChI=1S/C22H28N4OS/c1-18-5-6-22(26-9-3-8-23-26)19(14-18)15-24-10-11-25(20(16-24)7-12-27)17-21-4-2-13-28-21/h2-6,8-9,13-14,20,27H,7,10-12,15-17H2,1H3/t20-/m0/s1. The lowest BCUT2D eigenvalue weighted by Crippen LogP contribution is -2.52. The van der Waals surface area contributed by atoms with Gasteiger partial charge in [0.05, 0.1) is 5.69 Å². The number of benzene rings is 1. The van der Waals surface area contributed by atoms with Crippen LogP contribution in [-0.4, -0.2) is 57.0 Å². The molecule has 4 rings (SSSR count). The van der Waals surface area contributed by atoms with E-state index >= 15 is 0 Å². The molecule has 1 fully saturated rings. The van der Waals surface area contributed by atoms with Crippen molar-refractivity contribution in [2.24, 2.45) is 0 Å². The van der Waals surface area contributed by atoms with Crippen LogP contribution in [0.4, 0.5) is 0 Å². The second-order valence-corrected chi connectivity index (χ2v) is 8.57. The fourth-order valence-corrected chi connectivity index (χ4v) is 4.78. The molecule has 148 valence electrons. The van der Waals surface area contributed by atoms with Crippen LogP contribution in [-0.2, 0) is 13.1 Å². The van der Waals surface area contributed by atoms with E-state index < -0.39 is 0 Å². The maximum atomic E-state index is 9.59. The van der Waals surface area contributed by atoms with Crippen molar-refractivity contribution in [1.82, 2.24) is 19.6 Å². The first-order valence-electron chi connectivity index (χ1n) is 9.92. The molecule has 0 unspecified atom stereocenters. The Bertz CT molecular complexity index is 863. The second-order valence-electron chi connectivity index (χ2n) is 7.53. The van der Waals surface area contributed by atoms with Gasteiger partial charge in [0.25, 0.3) is 0 Å². The third-order valence-corrected chi connectivity index (χ3v) is 6.33. The Morgan fingerprint density at radius 1 is 1.18 bits per heavy atom. The van der Waals surface area contributed by atoms with Crippen LogP contribution in [0.25, 0.3) is 5.69 Å². The quantitative estimate of drug-likeness (QED) is 0.665. The van der Waals surface area contributed by atoms with Gasteiger partial charge in [-0.25, -0.2) is 4.68 Å². The zero-order valence-corrected chi connectivity index (χ0v) is 17.2. The summed E-state index contributed by atoms with van der Waals surface area (Å²) in [4.78, 5) is 6.45. The summed E-state index contributed by atoms with van der Waals surface area (Å²) in [5.74, 6) is 0. The van der Waals surface area contributed by atoms with Gasteiger partial charge in [-0.3, -0.25) is 9.80 Å². The third kappa shape index (κ3) is 4.52. The number of hydrogen-bond donors (Lipinski definition) is 1. The minimum atomic E-state index is 0.239. The van der Waals surface area contributed by atoms with Crippen LogP contribution >= 0.6 is 11.3 Å². The van der Waals surface area contributed by atoms with Gasteiger partial charge in [-0.2, -0.15) is 5.10 Å². The van der Waals surface area contributed by atoms with Gasteiger partial charge >= 0.3 is 0 Å². The van der Waals surface area contributed by atoms with Gasteiger partial charge in [0.1, 0.15) is 0 Å². The number of aryl methyl sites for hydroxylation is 1. The Kier molecular flexibility index (Phi) is 6.22. The average Bonchev–Trinajstić information content (AvgIpc) is 3.38. The number of aliphatic hydroxyl groups is 1. The number of nitrogens with zero attached hydrogens (tertiary/aromatic N) is 4. The van der Waals surface area contributed by atoms with E-state index in [9.17, 15) is 5.11 Å². The molecular weight excluding hydrogens is 368 g/mol. The maximum absolute atomic E-state index is 9.59. The molecule has 0 saturated carbocycles. The summed E-state index contributed by atoms with van der Waals surface area (Å²) in [5.41, 5.74) is 3.72. The predicted molar refractivity (Wildman–Crippen MR) is 114 cm³/mol. The smallest absolute Gasteiger partial charge is 0.0690 e. The summed E-state index contributed by atoms with van der Waals surface area (Å²) >= 11 is 1.81. The maximum Gasteiger partial charge on any atom is 0.0690 e. The Hall–Kier alpha value is -1.99. The molecule has 5 nitrogen and oxygen atoms in total. The van der Waals surface area contributed by atoms with Gasteiger partial charge in [-0.15, -0.1) is 11.3 Å². The lowest BCUT2D eigenvalue weighted by Gasteiger charge is -2.41. The molecule has 0 aliphatic carbocycles. The number of piperazine rings is 1. The van der Waals surface area contributed by atoms with Crippen molar-refractivity contribution in [3.05, 3.63) is 70.2 Å². The molecule has 0 amide bonds. The highest BCUT2D eigenvalue weighted by molar-refractivity contribution is 7.09. The fraction of sp³-hybridized carbons (Fsp3) is 0.409. The van der Waals surface area contributed by atoms with E-state index in [2.05, 4.69) is 57.5 Å².